The molecule has 0 saturated carbocycles. The van der Waals surface area contributed by atoms with Crippen LogP contribution < -0.4 is 33.2 Å². The highest BCUT2D eigenvalue weighted by Gasteiger charge is 2.32. The number of nitrogens with two attached hydrogens (primary N) is 3. The van der Waals surface area contributed by atoms with Crippen LogP contribution in [0.5, 0.6) is 0 Å². The van der Waals surface area contributed by atoms with Crippen molar-refractivity contribution in [2.24, 2.45) is 23.1 Å². The number of carboxylic acid groups (broad SMARTS) is 2. The van der Waals surface area contributed by atoms with Crippen LogP contribution in [0.2, 0.25) is 0 Å². The van der Waals surface area contributed by atoms with Crippen molar-refractivity contribution in [2.45, 2.75) is 95.8 Å². The minimum atomic E-state index is -1.24. The van der Waals surface area contributed by atoms with Gasteiger partial charge >= 0.3 is 11.9 Å². The minimum absolute atomic E-state index is 0.179. The SMILES string of the molecule is CCC(C)C(NC(=O)C(CCC(=O)O)NC(=O)C(N)CCCCN)C(=O)NC(CCCCN)C(=O)O. The lowest BCUT2D eigenvalue weighted by Crippen LogP contribution is -2.58. The highest BCUT2D eigenvalue weighted by atomic mass is 16.4. The van der Waals surface area contributed by atoms with Crippen molar-refractivity contribution in [3.8, 4) is 0 Å². The zero-order chi connectivity index (χ0) is 27.7. The summed E-state index contributed by atoms with van der Waals surface area (Å²) in [5.41, 5.74) is 16.8. The highest BCUT2D eigenvalue weighted by molar-refractivity contribution is 5.94. The van der Waals surface area contributed by atoms with Crippen molar-refractivity contribution in [2.75, 3.05) is 13.1 Å². The van der Waals surface area contributed by atoms with Crippen molar-refractivity contribution in [1.29, 1.82) is 0 Å². The third-order valence-electron chi connectivity index (χ3n) is 5.94. The maximum atomic E-state index is 13.1. The lowest BCUT2D eigenvalue weighted by Gasteiger charge is -2.28. The largest absolute Gasteiger partial charge is 0.481 e. The molecule has 0 bridgehead atoms. The third-order valence-corrected chi connectivity index (χ3v) is 5.94. The van der Waals surface area contributed by atoms with Gasteiger partial charge in [0.25, 0.3) is 0 Å². The summed E-state index contributed by atoms with van der Waals surface area (Å²) in [7, 11) is 0. The third kappa shape index (κ3) is 13.4. The molecule has 0 rings (SSSR count). The molecule has 0 fully saturated rings. The van der Waals surface area contributed by atoms with Gasteiger partial charge in [-0.3, -0.25) is 19.2 Å². The van der Waals surface area contributed by atoms with E-state index in [1.807, 2.05) is 0 Å². The van der Waals surface area contributed by atoms with Crippen LogP contribution in [0.3, 0.4) is 0 Å². The van der Waals surface area contributed by atoms with Crippen LogP contribution >= 0.6 is 0 Å². The molecule has 13 heteroatoms. The molecule has 5 unspecified atom stereocenters. The number of unbranched alkanes of at least 4 members (excludes halogenated alkanes) is 2. The topological polar surface area (TPSA) is 240 Å². The average molecular weight is 517 g/mol. The molecular formula is C23H44N6O7. The summed E-state index contributed by atoms with van der Waals surface area (Å²) < 4.78 is 0. The van der Waals surface area contributed by atoms with Gasteiger partial charge in [-0.2, -0.15) is 0 Å². The molecule has 208 valence electrons. The number of rotatable bonds is 20. The smallest absolute Gasteiger partial charge is 0.326 e. The Bertz CT molecular complexity index is 721. The van der Waals surface area contributed by atoms with Crippen molar-refractivity contribution < 1.29 is 34.2 Å². The lowest BCUT2D eigenvalue weighted by atomic mass is 9.96. The molecular weight excluding hydrogens is 472 g/mol. The van der Waals surface area contributed by atoms with Gasteiger partial charge in [-0.1, -0.05) is 26.7 Å². The van der Waals surface area contributed by atoms with Crippen LogP contribution in [0, 0.1) is 5.92 Å². The van der Waals surface area contributed by atoms with E-state index in [4.69, 9.17) is 22.3 Å². The monoisotopic (exact) mass is 516 g/mol. The fourth-order valence-electron chi connectivity index (χ4n) is 3.42. The number of aliphatic carboxylic acids is 2. The molecule has 0 radical (unpaired) electrons. The summed E-state index contributed by atoms with van der Waals surface area (Å²) in [4.78, 5) is 61.2. The summed E-state index contributed by atoms with van der Waals surface area (Å²) in [5.74, 6) is -4.79. The van der Waals surface area contributed by atoms with E-state index < -0.39 is 60.2 Å². The fraction of sp³-hybridized carbons (Fsp3) is 0.783. The molecule has 0 aromatic carbocycles. The predicted molar refractivity (Wildman–Crippen MR) is 134 cm³/mol. The van der Waals surface area contributed by atoms with Crippen molar-refractivity contribution >= 4 is 29.7 Å². The van der Waals surface area contributed by atoms with Gasteiger partial charge in [0.05, 0.1) is 6.04 Å². The van der Waals surface area contributed by atoms with Crippen LogP contribution in [0.4, 0.5) is 0 Å². The van der Waals surface area contributed by atoms with Crippen molar-refractivity contribution in [3.63, 3.8) is 0 Å². The van der Waals surface area contributed by atoms with Crippen LogP contribution in [0.1, 0.15) is 71.6 Å². The van der Waals surface area contributed by atoms with Crippen LogP contribution in [-0.4, -0.2) is 77.1 Å². The summed E-state index contributed by atoms with van der Waals surface area (Å²) in [5, 5.41) is 26.0. The van der Waals surface area contributed by atoms with Gasteiger partial charge < -0.3 is 43.4 Å². The van der Waals surface area contributed by atoms with Gasteiger partial charge in [0, 0.05) is 6.42 Å². The Morgan fingerprint density at radius 2 is 1.31 bits per heavy atom. The van der Waals surface area contributed by atoms with E-state index in [2.05, 4.69) is 16.0 Å². The van der Waals surface area contributed by atoms with E-state index in [-0.39, 0.29) is 18.8 Å². The van der Waals surface area contributed by atoms with Gasteiger partial charge in [0.1, 0.15) is 18.1 Å². The molecule has 0 aliphatic carbocycles. The summed E-state index contributed by atoms with van der Waals surface area (Å²) >= 11 is 0. The average Bonchev–Trinajstić information content (AvgIpc) is 2.83. The Balaban J connectivity index is 5.50. The standard InChI is InChI=1S/C23H44N6O7/c1-3-14(2)19(22(34)28-17(23(35)36)9-5-7-13-25)29-21(33)16(10-11-18(30)31)27-20(32)15(26)8-4-6-12-24/h14-17,19H,3-13,24-26H2,1-2H3,(H,27,32)(H,28,34)(H,29,33)(H,30,31)(H,35,36). The number of carbonyl (C=O) groups is 5. The lowest BCUT2D eigenvalue weighted by molar-refractivity contribution is -0.143. The van der Waals surface area contributed by atoms with E-state index in [0.717, 1.165) is 0 Å². The normalized spacial score (nSPS) is 15.1. The molecule has 3 amide bonds. The second-order valence-corrected chi connectivity index (χ2v) is 8.94. The molecule has 36 heavy (non-hydrogen) atoms. The van der Waals surface area contributed by atoms with Crippen molar-refractivity contribution in [1.82, 2.24) is 16.0 Å². The molecule has 11 N–H and O–H groups in total. The van der Waals surface area contributed by atoms with Crippen LogP contribution in [-0.2, 0) is 24.0 Å². The zero-order valence-corrected chi connectivity index (χ0v) is 21.3. The minimum Gasteiger partial charge on any atom is -0.481 e. The summed E-state index contributed by atoms with van der Waals surface area (Å²) in [6.07, 6.45) is 2.79. The van der Waals surface area contributed by atoms with E-state index in [1.165, 1.54) is 0 Å². The number of carboxylic acids is 2. The quantitative estimate of drug-likeness (QED) is 0.0919. The molecule has 0 aromatic rings. The zero-order valence-electron chi connectivity index (χ0n) is 21.3. The second kappa shape index (κ2) is 18.5. The molecule has 0 aliphatic heterocycles. The first-order valence-corrected chi connectivity index (χ1v) is 12.5. The maximum Gasteiger partial charge on any atom is 0.326 e. The van der Waals surface area contributed by atoms with Crippen molar-refractivity contribution in [3.05, 3.63) is 0 Å². The fourth-order valence-corrected chi connectivity index (χ4v) is 3.42. The number of carbonyl (C=O) groups excluding carboxylic acids is 3. The van der Waals surface area contributed by atoms with Gasteiger partial charge in [0.15, 0.2) is 0 Å². The first-order chi connectivity index (χ1) is 17.0. The maximum absolute atomic E-state index is 13.1. The Morgan fingerprint density at radius 1 is 0.750 bits per heavy atom. The van der Waals surface area contributed by atoms with Gasteiger partial charge in [-0.25, -0.2) is 4.79 Å². The second-order valence-electron chi connectivity index (χ2n) is 8.94. The number of hydrogen-bond acceptors (Lipinski definition) is 8. The number of amides is 3. The first-order valence-electron chi connectivity index (χ1n) is 12.5. The number of hydrogen-bond donors (Lipinski definition) is 8. The predicted octanol–water partition coefficient (Wildman–Crippen LogP) is -0.978. The van der Waals surface area contributed by atoms with Gasteiger partial charge in [0.2, 0.25) is 17.7 Å². The Labute approximate surface area is 212 Å². The molecule has 13 nitrogen and oxygen atoms in total. The van der Waals surface area contributed by atoms with E-state index in [9.17, 15) is 29.1 Å². The first kappa shape index (κ1) is 33.2. The van der Waals surface area contributed by atoms with E-state index in [1.54, 1.807) is 13.8 Å². The highest BCUT2D eigenvalue weighted by Crippen LogP contribution is 2.11. The van der Waals surface area contributed by atoms with E-state index >= 15 is 0 Å². The van der Waals surface area contributed by atoms with Gasteiger partial charge in [-0.15, -0.1) is 0 Å². The van der Waals surface area contributed by atoms with Crippen LogP contribution in [0.25, 0.3) is 0 Å². The molecule has 5 atom stereocenters. The molecule has 0 aliphatic rings. The van der Waals surface area contributed by atoms with Crippen LogP contribution in [0.15, 0.2) is 0 Å². The summed E-state index contributed by atoms with van der Waals surface area (Å²) in [6, 6.07) is -4.40. The number of nitrogens with one attached hydrogen (secondary N) is 3. The molecule has 0 spiro atoms. The summed E-state index contributed by atoms with van der Waals surface area (Å²) in [6.45, 7) is 4.36. The molecule has 0 saturated heterocycles. The van der Waals surface area contributed by atoms with Gasteiger partial charge in [-0.05, 0) is 57.5 Å². The molecule has 0 heterocycles. The molecule has 0 aromatic heterocycles. The Hall–Kier alpha value is -2.77. The van der Waals surface area contributed by atoms with E-state index in [0.29, 0.717) is 51.6 Å². The Morgan fingerprint density at radius 3 is 1.81 bits per heavy atom. The Kier molecular flexibility index (Phi) is 17.1.